The van der Waals surface area contributed by atoms with E-state index in [9.17, 15) is 9.18 Å². The quantitative estimate of drug-likeness (QED) is 0.377. The molecule has 1 N–H and O–H groups in total. The zero-order valence-corrected chi connectivity index (χ0v) is 23.3. The van der Waals surface area contributed by atoms with Crippen molar-refractivity contribution in [2.45, 2.75) is 32.7 Å². The van der Waals surface area contributed by atoms with Crippen LogP contribution in [0.1, 0.15) is 30.7 Å². The Labute approximate surface area is 234 Å². The van der Waals surface area contributed by atoms with E-state index in [1.807, 2.05) is 43.3 Å². The van der Waals surface area contributed by atoms with Crippen molar-refractivity contribution in [3.8, 4) is 11.5 Å². The second kappa shape index (κ2) is 12.9. The molecule has 1 amide bonds. The van der Waals surface area contributed by atoms with Gasteiger partial charge in [0, 0.05) is 62.1 Å². The standard InChI is InChI=1S/C30H37ClFN5O2/c1-22-28(34-30(39-22)23-5-2-7-25(31)19-23)21-36-13-3-6-24(20-36)29(38)33-12-4-14-35-15-17-37(18-16-35)27-10-8-26(32)9-11-27/h2,5,7-11,19,24H,3-4,6,12-18,20-21H2,1H3,(H,33,38)/t24-/m0/s1. The predicted molar refractivity (Wildman–Crippen MR) is 152 cm³/mol. The third-order valence-electron chi connectivity index (χ3n) is 7.73. The Bertz CT molecular complexity index is 1240. The highest BCUT2D eigenvalue weighted by atomic mass is 35.5. The van der Waals surface area contributed by atoms with Gasteiger partial charge in [-0.1, -0.05) is 17.7 Å². The van der Waals surface area contributed by atoms with Gasteiger partial charge in [-0.2, -0.15) is 0 Å². The summed E-state index contributed by atoms with van der Waals surface area (Å²) in [6.07, 6.45) is 2.84. The van der Waals surface area contributed by atoms with E-state index in [1.54, 1.807) is 0 Å². The number of rotatable bonds is 9. The van der Waals surface area contributed by atoms with Crippen molar-refractivity contribution in [1.29, 1.82) is 0 Å². The zero-order chi connectivity index (χ0) is 27.2. The van der Waals surface area contributed by atoms with Crippen molar-refractivity contribution in [3.63, 3.8) is 0 Å². The number of oxazole rings is 1. The fourth-order valence-electron chi connectivity index (χ4n) is 5.48. The second-order valence-corrected chi connectivity index (χ2v) is 11.0. The molecule has 0 bridgehead atoms. The SMILES string of the molecule is Cc1oc(-c2cccc(Cl)c2)nc1CN1CCC[C@H](C(=O)NCCCN2CCN(c3ccc(F)cc3)CC2)C1. The summed E-state index contributed by atoms with van der Waals surface area (Å²) in [5.41, 5.74) is 2.85. The molecule has 9 heteroatoms. The maximum absolute atomic E-state index is 13.2. The predicted octanol–water partition coefficient (Wildman–Crippen LogP) is 4.98. The van der Waals surface area contributed by atoms with Gasteiger partial charge >= 0.3 is 0 Å². The number of carbonyl (C=O) groups excluding carboxylic acids is 1. The molecular weight excluding hydrogens is 517 g/mol. The average Bonchev–Trinajstić information content (AvgIpc) is 3.32. The van der Waals surface area contributed by atoms with E-state index in [2.05, 4.69) is 20.0 Å². The molecule has 0 saturated carbocycles. The molecule has 2 fully saturated rings. The summed E-state index contributed by atoms with van der Waals surface area (Å²) < 4.78 is 19.1. The molecule has 2 aromatic carbocycles. The molecule has 0 aliphatic carbocycles. The molecule has 3 heterocycles. The minimum atomic E-state index is -0.200. The Morgan fingerprint density at radius 2 is 1.90 bits per heavy atom. The number of nitrogens with one attached hydrogen (secondary N) is 1. The molecule has 0 unspecified atom stereocenters. The molecule has 0 radical (unpaired) electrons. The molecule has 7 nitrogen and oxygen atoms in total. The van der Waals surface area contributed by atoms with Gasteiger partial charge < -0.3 is 14.6 Å². The van der Waals surface area contributed by atoms with Crippen molar-refractivity contribution in [1.82, 2.24) is 20.1 Å². The third-order valence-corrected chi connectivity index (χ3v) is 7.96. The highest BCUT2D eigenvalue weighted by Crippen LogP contribution is 2.26. The summed E-state index contributed by atoms with van der Waals surface area (Å²) in [6, 6.07) is 14.2. The van der Waals surface area contributed by atoms with E-state index in [-0.39, 0.29) is 17.6 Å². The van der Waals surface area contributed by atoms with Crippen LogP contribution in [0.3, 0.4) is 0 Å². The van der Waals surface area contributed by atoms with Crippen LogP contribution in [0.25, 0.3) is 11.5 Å². The minimum Gasteiger partial charge on any atom is -0.441 e. The lowest BCUT2D eigenvalue weighted by atomic mass is 9.97. The van der Waals surface area contributed by atoms with Gasteiger partial charge in [0.25, 0.3) is 0 Å². The number of anilines is 1. The topological polar surface area (TPSA) is 64.9 Å². The lowest BCUT2D eigenvalue weighted by Crippen LogP contribution is -2.47. The van der Waals surface area contributed by atoms with Crippen LogP contribution in [0, 0.1) is 18.7 Å². The van der Waals surface area contributed by atoms with E-state index in [0.717, 1.165) is 87.8 Å². The van der Waals surface area contributed by atoms with Gasteiger partial charge in [0.05, 0.1) is 11.6 Å². The van der Waals surface area contributed by atoms with Gasteiger partial charge in [-0.3, -0.25) is 14.6 Å². The van der Waals surface area contributed by atoms with Gasteiger partial charge in [-0.15, -0.1) is 0 Å². The zero-order valence-electron chi connectivity index (χ0n) is 22.5. The van der Waals surface area contributed by atoms with E-state index in [1.165, 1.54) is 12.1 Å². The first kappa shape index (κ1) is 27.6. The number of halogens is 2. The number of aryl methyl sites for hydroxylation is 1. The molecule has 2 saturated heterocycles. The van der Waals surface area contributed by atoms with Gasteiger partial charge in [-0.25, -0.2) is 9.37 Å². The molecule has 39 heavy (non-hydrogen) atoms. The monoisotopic (exact) mass is 553 g/mol. The van der Waals surface area contributed by atoms with E-state index < -0.39 is 0 Å². The molecular formula is C30H37ClFN5O2. The third kappa shape index (κ3) is 7.38. The van der Waals surface area contributed by atoms with Crippen molar-refractivity contribution in [3.05, 3.63) is 70.8 Å². The Balaban J connectivity index is 1.02. The molecule has 1 atom stereocenters. The Kier molecular flexibility index (Phi) is 9.17. The number of piperidine rings is 1. The lowest BCUT2D eigenvalue weighted by molar-refractivity contribution is -0.126. The highest BCUT2D eigenvalue weighted by Gasteiger charge is 2.27. The van der Waals surface area contributed by atoms with Crippen LogP contribution in [0.4, 0.5) is 10.1 Å². The van der Waals surface area contributed by atoms with E-state index in [4.69, 9.17) is 21.0 Å². The van der Waals surface area contributed by atoms with Crippen molar-refractivity contribution in [2.75, 3.05) is 57.3 Å². The number of amides is 1. The number of hydrogen-bond donors (Lipinski definition) is 1. The Morgan fingerprint density at radius 1 is 1.10 bits per heavy atom. The van der Waals surface area contributed by atoms with Crippen LogP contribution in [0.5, 0.6) is 0 Å². The molecule has 5 rings (SSSR count). The lowest BCUT2D eigenvalue weighted by Gasteiger charge is -2.36. The van der Waals surface area contributed by atoms with Crippen LogP contribution < -0.4 is 10.2 Å². The van der Waals surface area contributed by atoms with Gasteiger partial charge in [0.1, 0.15) is 11.6 Å². The molecule has 2 aliphatic heterocycles. The second-order valence-electron chi connectivity index (χ2n) is 10.6. The fraction of sp³-hybridized carbons (Fsp3) is 0.467. The largest absolute Gasteiger partial charge is 0.441 e. The first-order chi connectivity index (χ1) is 18.9. The van der Waals surface area contributed by atoms with Crippen molar-refractivity contribution >= 4 is 23.2 Å². The van der Waals surface area contributed by atoms with E-state index in [0.29, 0.717) is 24.0 Å². The van der Waals surface area contributed by atoms with Crippen LogP contribution in [0.2, 0.25) is 5.02 Å². The van der Waals surface area contributed by atoms with Gasteiger partial charge in [0.15, 0.2) is 0 Å². The van der Waals surface area contributed by atoms with Crippen molar-refractivity contribution < 1.29 is 13.6 Å². The number of carbonyl (C=O) groups is 1. The number of likely N-dealkylation sites (tertiary alicyclic amines) is 1. The maximum atomic E-state index is 13.2. The first-order valence-corrected chi connectivity index (χ1v) is 14.3. The Morgan fingerprint density at radius 3 is 2.67 bits per heavy atom. The molecule has 0 spiro atoms. The molecule has 1 aromatic heterocycles. The summed E-state index contributed by atoms with van der Waals surface area (Å²) in [5, 5.41) is 3.83. The normalized spacial score (nSPS) is 18.8. The molecule has 3 aromatic rings. The fourth-order valence-corrected chi connectivity index (χ4v) is 5.68. The van der Waals surface area contributed by atoms with Gasteiger partial charge in [-0.05, 0) is 81.7 Å². The highest BCUT2D eigenvalue weighted by molar-refractivity contribution is 6.30. The average molecular weight is 554 g/mol. The van der Waals surface area contributed by atoms with Crippen LogP contribution >= 0.6 is 11.6 Å². The minimum absolute atomic E-state index is 0.00221. The molecule has 2 aliphatic rings. The van der Waals surface area contributed by atoms with E-state index >= 15 is 0 Å². The summed E-state index contributed by atoms with van der Waals surface area (Å²) in [6.45, 7) is 9.77. The smallest absolute Gasteiger partial charge is 0.226 e. The summed E-state index contributed by atoms with van der Waals surface area (Å²) >= 11 is 6.13. The van der Waals surface area contributed by atoms with Crippen LogP contribution in [-0.4, -0.2) is 73.0 Å². The number of benzene rings is 2. The van der Waals surface area contributed by atoms with Gasteiger partial charge in [0.2, 0.25) is 11.8 Å². The maximum Gasteiger partial charge on any atom is 0.226 e. The summed E-state index contributed by atoms with van der Waals surface area (Å²) in [4.78, 5) is 24.7. The first-order valence-electron chi connectivity index (χ1n) is 13.9. The van der Waals surface area contributed by atoms with Crippen molar-refractivity contribution in [2.24, 2.45) is 5.92 Å². The number of aromatic nitrogens is 1. The summed E-state index contributed by atoms with van der Waals surface area (Å²) in [5.74, 6) is 1.33. The Hall–Kier alpha value is -2.94. The summed E-state index contributed by atoms with van der Waals surface area (Å²) in [7, 11) is 0. The number of piperazine rings is 1. The van der Waals surface area contributed by atoms with Crippen LogP contribution in [0.15, 0.2) is 52.9 Å². The number of hydrogen-bond acceptors (Lipinski definition) is 6. The molecule has 208 valence electrons. The number of nitrogens with zero attached hydrogens (tertiary/aromatic N) is 4. The van der Waals surface area contributed by atoms with Crippen LogP contribution in [-0.2, 0) is 11.3 Å².